The molecule has 1 rings (SSSR count). The number of hydrogen-bond donors (Lipinski definition) is 0. The molecule has 0 aromatic heterocycles. The Labute approximate surface area is 79.4 Å². The number of rotatable bonds is 3. The molecule has 0 bridgehead atoms. The van der Waals surface area contributed by atoms with Gasteiger partial charge in [0, 0.05) is 0 Å². The summed E-state index contributed by atoms with van der Waals surface area (Å²) in [6.45, 7) is 1.34. The van der Waals surface area contributed by atoms with Crippen LogP contribution in [0, 0.1) is 0 Å². The molecule has 3 heteroatoms. The van der Waals surface area contributed by atoms with Crippen LogP contribution in [0.4, 0.5) is 0 Å². The Morgan fingerprint density at radius 1 is 1.67 bits per heavy atom. The Kier molecular flexibility index (Phi) is 2.49. The fourth-order valence-electron chi connectivity index (χ4n) is 0.834. The summed E-state index contributed by atoms with van der Waals surface area (Å²) >= 11 is -2.65. The average Bonchev–Trinajstić information content (AvgIpc) is 2.15. The standard InChI is InChI=1S/C9H12O2Se/c1-3-12(10)9-6-4-5-8(7-9)11-2/h4-7H,3H2,1-2H3/i3+1D2. The van der Waals surface area contributed by atoms with Crippen molar-refractivity contribution in [3.63, 3.8) is 0 Å². The van der Waals surface area contributed by atoms with Crippen molar-refractivity contribution in [2.75, 3.05) is 7.11 Å². The first-order valence-electron chi connectivity index (χ1n) is 4.51. The Morgan fingerprint density at radius 2 is 2.42 bits per heavy atom. The Hall–Kier alpha value is -0.661. The molecule has 0 fully saturated rings. The quantitative estimate of drug-likeness (QED) is 0.582. The normalized spacial score (nSPS) is 16.2. The van der Waals surface area contributed by atoms with E-state index >= 15 is 0 Å². The molecular formula is C9H12O2Se. The van der Waals surface area contributed by atoms with Gasteiger partial charge in [0.15, 0.2) is 0 Å². The molecule has 0 heterocycles. The molecule has 0 amide bonds. The molecule has 12 heavy (non-hydrogen) atoms. The first-order valence-corrected chi connectivity index (χ1v) is 5.92. The summed E-state index contributed by atoms with van der Waals surface area (Å²) in [4.78, 5) is 0. The van der Waals surface area contributed by atoms with E-state index in [1.54, 1.807) is 24.3 Å². The average molecular weight is 234 g/mol. The van der Waals surface area contributed by atoms with Crippen molar-refractivity contribution in [2.45, 2.75) is 12.2 Å². The molecule has 0 saturated carbocycles. The summed E-state index contributed by atoms with van der Waals surface area (Å²) in [5, 5.41) is -1.63. The predicted molar refractivity (Wildman–Crippen MR) is 49.5 cm³/mol. The molecule has 1 aromatic carbocycles. The molecule has 0 spiro atoms. The second kappa shape index (κ2) is 4.39. The Bertz CT molecular complexity index is 347. The van der Waals surface area contributed by atoms with Gasteiger partial charge in [-0.3, -0.25) is 0 Å². The van der Waals surface area contributed by atoms with E-state index in [2.05, 4.69) is 0 Å². The summed E-state index contributed by atoms with van der Waals surface area (Å²) < 4.78 is 32.0. The zero-order valence-corrected chi connectivity index (χ0v) is 8.75. The Balaban J connectivity index is 3.02. The number of hydrogen-bond acceptors (Lipinski definition) is 2. The van der Waals surface area contributed by atoms with Crippen LogP contribution in [0.1, 0.15) is 9.67 Å². The molecule has 0 radical (unpaired) electrons. The SMILES string of the molecule is [2H][13C]([2H])(C)[Se](=O)c1cccc(OC)c1. The third kappa shape index (κ3) is 2.16. The van der Waals surface area contributed by atoms with Crippen LogP contribution in [-0.2, 0) is 3.83 Å². The van der Waals surface area contributed by atoms with Crippen molar-refractivity contribution in [1.29, 1.82) is 0 Å². The summed E-state index contributed by atoms with van der Waals surface area (Å²) in [7, 11) is 1.53. The van der Waals surface area contributed by atoms with Crippen molar-refractivity contribution < 1.29 is 11.3 Å². The van der Waals surface area contributed by atoms with Crippen LogP contribution in [0.2, 0.25) is 5.27 Å². The molecule has 0 aliphatic carbocycles. The Morgan fingerprint density at radius 3 is 3.00 bits per heavy atom. The molecule has 0 saturated heterocycles. The first-order chi connectivity index (χ1) is 6.45. The molecule has 1 unspecified atom stereocenters. The summed E-state index contributed by atoms with van der Waals surface area (Å²) in [5.41, 5.74) is 0. The zero-order valence-electron chi connectivity index (χ0n) is 9.03. The van der Waals surface area contributed by atoms with Gasteiger partial charge >= 0.3 is 78.9 Å². The minimum atomic E-state index is -2.65. The van der Waals surface area contributed by atoms with Crippen molar-refractivity contribution in [3.05, 3.63) is 24.3 Å². The van der Waals surface area contributed by atoms with Gasteiger partial charge in [-0.25, -0.2) is 0 Å². The summed E-state index contributed by atoms with van der Waals surface area (Å²) in [6, 6.07) is 6.75. The second-order valence-corrected chi connectivity index (χ2v) is 5.13. The molecule has 66 valence electrons. The van der Waals surface area contributed by atoms with Gasteiger partial charge in [-0.15, -0.1) is 0 Å². The molecule has 1 atom stereocenters. The van der Waals surface area contributed by atoms with Crippen LogP contribution >= 0.6 is 0 Å². The van der Waals surface area contributed by atoms with Gasteiger partial charge in [0.1, 0.15) is 0 Å². The maximum absolute atomic E-state index is 11.7. The molecular weight excluding hydrogens is 220 g/mol. The third-order valence-electron chi connectivity index (χ3n) is 1.44. The molecule has 0 N–H and O–H groups in total. The fraction of sp³-hybridized carbons (Fsp3) is 0.333. The van der Waals surface area contributed by atoms with E-state index in [0.717, 1.165) is 0 Å². The minimum absolute atomic E-state index is 0.539. The molecule has 1 aromatic rings. The van der Waals surface area contributed by atoms with Gasteiger partial charge in [0.2, 0.25) is 0 Å². The van der Waals surface area contributed by atoms with Gasteiger partial charge in [-0.05, 0) is 0 Å². The van der Waals surface area contributed by atoms with Gasteiger partial charge in [0.25, 0.3) is 0 Å². The van der Waals surface area contributed by atoms with Gasteiger partial charge < -0.3 is 0 Å². The number of benzene rings is 1. The number of ether oxygens (including phenoxy) is 1. The van der Waals surface area contributed by atoms with Crippen molar-refractivity contribution in [3.8, 4) is 5.75 Å². The number of methoxy groups -OCH3 is 1. The zero-order chi connectivity index (χ0) is 10.8. The van der Waals surface area contributed by atoms with Crippen LogP contribution in [-0.4, -0.2) is 20.9 Å². The van der Waals surface area contributed by atoms with Gasteiger partial charge in [-0.2, -0.15) is 0 Å². The van der Waals surface area contributed by atoms with Crippen molar-refractivity contribution >= 4 is 18.3 Å². The van der Waals surface area contributed by atoms with Gasteiger partial charge in [0.05, 0.1) is 0 Å². The van der Waals surface area contributed by atoms with Crippen LogP contribution in [0.3, 0.4) is 0 Å². The molecule has 0 aliphatic rings. The van der Waals surface area contributed by atoms with E-state index in [0.29, 0.717) is 10.2 Å². The summed E-state index contributed by atoms with van der Waals surface area (Å²) in [5.74, 6) is 0.608. The third-order valence-corrected chi connectivity index (χ3v) is 3.65. The monoisotopic (exact) mass is 235 g/mol. The van der Waals surface area contributed by atoms with E-state index in [9.17, 15) is 3.83 Å². The van der Waals surface area contributed by atoms with Crippen LogP contribution in [0.5, 0.6) is 5.75 Å². The predicted octanol–water partition coefficient (Wildman–Crippen LogP) is 1.34. The molecule has 0 aliphatic heterocycles. The van der Waals surface area contributed by atoms with Crippen LogP contribution in [0.15, 0.2) is 24.3 Å². The van der Waals surface area contributed by atoms with Crippen molar-refractivity contribution in [1.82, 2.24) is 0 Å². The van der Waals surface area contributed by atoms with E-state index in [1.165, 1.54) is 14.0 Å². The molecule has 2 nitrogen and oxygen atoms in total. The van der Waals surface area contributed by atoms with E-state index in [-0.39, 0.29) is 0 Å². The van der Waals surface area contributed by atoms with E-state index in [1.807, 2.05) is 0 Å². The first kappa shape index (κ1) is 6.81. The second-order valence-electron chi connectivity index (χ2n) is 2.15. The van der Waals surface area contributed by atoms with Gasteiger partial charge in [-0.1, -0.05) is 0 Å². The van der Waals surface area contributed by atoms with E-state index < -0.39 is 19.1 Å². The van der Waals surface area contributed by atoms with Crippen LogP contribution < -0.4 is 9.20 Å². The van der Waals surface area contributed by atoms with E-state index in [4.69, 9.17) is 7.48 Å². The van der Waals surface area contributed by atoms with Crippen molar-refractivity contribution in [2.24, 2.45) is 0 Å². The summed E-state index contributed by atoms with van der Waals surface area (Å²) in [6.07, 6.45) is 0. The van der Waals surface area contributed by atoms with Crippen LogP contribution in [0.25, 0.3) is 0 Å². The maximum atomic E-state index is 11.7. The topological polar surface area (TPSA) is 26.3 Å². The fourth-order valence-corrected chi connectivity index (χ4v) is 2.22.